The van der Waals surface area contributed by atoms with Crippen LogP contribution in [-0.2, 0) is 6.42 Å². The minimum Gasteiger partial charge on any atom is -0.496 e. The Morgan fingerprint density at radius 2 is 1.29 bits per heavy atom. The first-order valence-electron chi connectivity index (χ1n) is 12.8. The molecule has 1 fully saturated rings. The van der Waals surface area contributed by atoms with Gasteiger partial charge < -0.3 is 38.4 Å². The summed E-state index contributed by atoms with van der Waals surface area (Å²) < 4.78 is 35.4. The van der Waals surface area contributed by atoms with Crippen LogP contribution in [0, 0.1) is 13.8 Å². The van der Waals surface area contributed by atoms with E-state index in [2.05, 4.69) is 22.9 Å². The molecule has 0 aliphatic carbocycles. The number of piperazine rings is 1. The van der Waals surface area contributed by atoms with Gasteiger partial charge in [-0.25, -0.2) is 0 Å². The number of methoxy groups -OCH3 is 6. The molecule has 206 valence electrons. The van der Waals surface area contributed by atoms with Crippen LogP contribution in [0.1, 0.15) is 45.5 Å². The highest BCUT2D eigenvalue weighted by Gasteiger charge is 2.49. The third-order valence-electron chi connectivity index (χ3n) is 8.51. The molecular weight excluding hydrogens is 488 g/mol. The second-order valence-electron chi connectivity index (χ2n) is 10.0. The highest BCUT2D eigenvalue weighted by Crippen LogP contribution is 2.58. The minimum absolute atomic E-state index is 0.0935. The van der Waals surface area contributed by atoms with Gasteiger partial charge in [0.1, 0.15) is 11.5 Å². The highest BCUT2D eigenvalue weighted by atomic mass is 16.5. The van der Waals surface area contributed by atoms with Crippen molar-refractivity contribution in [3.63, 3.8) is 0 Å². The number of hydrogen-bond donors (Lipinski definition) is 1. The monoisotopic (exact) mass is 526 g/mol. The van der Waals surface area contributed by atoms with Crippen molar-refractivity contribution in [1.82, 2.24) is 9.80 Å². The van der Waals surface area contributed by atoms with E-state index >= 15 is 0 Å². The Kier molecular flexibility index (Phi) is 6.77. The van der Waals surface area contributed by atoms with Gasteiger partial charge in [-0.2, -0.15) is 0 Å². The quantitative estimate of drug-likeness (QED) is 0.581. The van der Waals surface area contributed by atoms with Gasteiger partial charge in [0.15, 0.2) is 23.0 Å². The lowest BCUT2D eigenvalue weighted by Crippen LogP contribution is -2.57. The number of aliphatic hydroxyl groups excluding tert-OH is 1. The smallest absolute Gasteiger partial charge is 0.167 e. The SMILES string of the molecule is COc1c(C)c(OC)c(OC)c2c1C=C1[C@H]3c4c(c(OC)c(C)c(OC)c4OC)C[C@@H](CN1[C@H]2CO)N3C. The molecule has 3 aliphatic heterocycles. The maximum absolute atomic E-state index is 10.8. The first-order chi connectivity index (χ1) is 18.3. The molecule has 0 saturated carbocycles. The number of hydrogen-bond acceptors (Lipinski definition) is 9. The summed E-state index contributed by atoms with van der Waals surface area (Å²) in [4.78, 5) is 4.69. The van der Waals surface area contributed by atoms with Crippen molar-refractivity contribution in [1.29, 1.82) is 0 Å². The molecule has 0 amide bonds. The third-order valence-corrected chi connectivity index (χ3v) is 8.51. The van der Waals surface area contributed by atoms with E-state index in [4.69, 9.17) is 28.4 Å². The lowest BCUT2D eigenvalue weighted by Gasteiger charge is -2.55. The fourth-order valence-corrected chi connectivity index (χ4v) is 6.92. The first-order valence-corrected chi connectivity index (χ1v) is 12.8. The summed E-state index contributed by atoms with van der Waals surface area (Å²) in [5.41, 5.74) is 6.73. The molecule has 9 heteroatoms. The Hall–Kier alpha value is -3.30. The zero-order chi connectivity index (χ0) is 27.5. The molecule has 3 heterocycles. The van der Waals surface area contributed by atoms with Crippen LogP contribution in [0.2, 0.25) is 0 Å². The van der Waals surface area contributed by atoms with Crippen molar-refractivity contribution in [2.75, 3.05) is 62.9 Å². The van der Waals surface area contributed by atoms with Crippen molar-refractivity contribution in [3.8, 4) is 34.5 Å². The average molecular weight is 527 g/mol. The van der Waals surface area contributed by atoms with Gasteiger partial charge in [-0.05, 0) is 33.4 Å². The number of benzene rings is 2. The Bertz CT molecular complexity index is 1310. The van der Waals surface area contributed by atoms with Crippen LogP contribution in [0.25, 0.3) is 6.08 Å². The molecule has 38 heavy (non-hydrogen) atoms. The van der Waals surface area contributed by atoms with Gasteiger partial charge in [-0.1, -0.05) is 0 Å². The zero-order valence-electron chi connectivity index (χ0n) is 23.7. The van der Waals surface area contributed by atoms with E-state index < -0.39 is 0 Å². The van der Waals surface area contributed by atoms with Crippen molar-refractivity contribution in [3.05, 3.63) is 39.1 Å². The molecule has 9 nitrogen and oxygen atoms in total. The molecular formula is C29H38N2O7. The number of nitrogens with zero attached hydrogens (tertiary/aromatic N) is 2. The lowest BCUT2D eigenvalue weighted by molar-refractivity contribution is 0.0305. The van der Waals surface area contributed by atoms with Crippen LogP contribution >= 0.6 is 0 Å². The van der Waals surface area contributed by atoms with E-state index in [0.717, 1.165) is 57.8 Å². The second kappa shape index (κ2) is 9.78. The van der Waals surface area contributed by atoms with Gasteiger partial charge in [0, 0.05) is 51.7 Å². The number of likely N-dealkylation sites (N-methyl/N-ethyl adjacent to an activating group) is 1. The Labute approximate surface area is 224 Å². The first kappa shape index (κ1) is 26.3. The molecule has 0 radical (unpaired) electrons. The van der Waals surface area contributed by atoms with Crippen LogP contribution in [0.5, 0.6) is 34.5 Å². The average Bonchev–Trinajstić information content (AvgIpc) is 2.91. The lowest BCUT2D eigenvalue weighted by atomic mass is 9.78. The molecule has 0 aromatic heterocycles. The van der Waals surface area contributed by atoms with Crippen LogP contribution < -0.4 is 28.4 Å². The summed E-state index contributed by atoms with van der Waals surface area (Å²) in [6.45, 7) is 4.59. The molecule has 0 unspecified atom stereocenters. The van der Waals surface area contributed by atoms with Gasteiger partial charge in [0.05, 0.1) is 61.3 Å². The summed E-state index contributed by atoms with van der Waals surface area (Å²) in [7, 11) is 12.1. The Balaban J connectivity index is 1.86. The molecule has 5 rings (SSSR count). The molecule has 2 bridgehead atoms. The molecule has 2 aromatic carbocycles. The van der Waals surface area contributed by atoms with Crippen LogP contribution in [0.15, 0.2) is 5.70 Å². The molecule has 3 aliphatic rings. The zero-order valence-corrected chi connectivity index (χ0v) is 23.7. The highest BCUT2D eigenvalue weighted by molar-refractivity contribution is 5.77. The van der Waals surface area contributed by atoms with Crippen molar-refractivity contribution in [2.45, 2.75) is 38.4 Å². The van der Waals surface area contributed by atoms with E-state index in [1.165, 1.54) is 0 Å². The second-order valence-corrected chi connectivity index (χ2v) is 10.0. The van der Waals surface area contributed by atoms with E-state index in [1.54, 1.807) is 42.7 Å². The number of rotatable bonds is 7. The van der Waals surface area contributed by atoms with E-state index in [1.807, 2.05) is 13.8 Å². The van der Waals surface area contributed by atoms with E-state index in [9.17, 15) is 5.11 Å². The van der Waals surface area contributed by atoms with E-state index in [0.29, 0.717) is 28.7 Å². The molecule has 2 aromatic rings. The summed E-state index contributed by atoms with van der Waals surface area (Å²) >= 11 is 0. The van der Waals surface area contributed by atoms with Crippen molar-refractivity contribution < 1.29 is 33.5 Å². The van der Waals surface area contributed by atoms with Gasteiger partial charge in [-0.3, -0.25) is 4.90 Å². The number of fused-ring (bicyclic) bond motifs is 7. The largest absolute Gasteiger partial charge is 0.496 e. The van der Waals surface area contributed by atoms with Gasteiger partial charge in [0.25, 0.3) is 0 Å². The summed E-state index contributed by atoms with van der Waals surface area (Å²) in [6.07, 6.45) is 2.94. The summed E-state index contributed by atoms with van der Waals surface area (Å²) in [6, 6.07) is -0.313. The maximum atomic E-state index is 10.8. The minimum atomic E-state index is -0.344. The Morgan fingerprint density at radius 3 is 1.82 bits per heavy atom. The maximum Gasteiger partial charge on any atom is 0.167 e. The van der Waals surface area contributed by atoms with E-state index in [-0.39, 0.29) is 24.7 Å². The van der Waals surface area contributed by atoms with Crippen LogP contribution in [0.4, 0.5) is 0 Å². The van der Waals surface area contributed by atoms with Gasteiger partial charge in [-0.15, -0.1) is 0 Å². The Morgan fingerprint density at radius 1 is 0.763 bits per heavy atom. The molecule has 1 saturated heterocycles. The summed E-state index contributed by atoms with van der Waals surface area (Å²) in [5, 5.41) is 10.8. The molecule has 3 atom stereocenters. The number of ether oxygens (including phenoxy) is 6. The fourth-order valence-electron chi connectivity index (χ4n) is 6.92. The molecule has 0 spiro atoms. The predicted molar refractivity (Wildman–Crippen MR) is 144 cm³/mol. The standard InChI is InChI=1S/C29H38N2O7/c1-14-24(33-4)17-10-16-12-31-19(23(30(16)3)22(17)29(38-9)27(14)36-7)11-18-21(20(31)13-32)28(37-8)26(35-6)15(2)25(18)34-5/h11,16,20,23,32H,10,12-13H2,1-9H3/t16-,20-,23-/m0/s1. The topological polar surface area (TPSA) is 82.1 Å². The predicted octanol–water partition coefficient (Wildman–Crippen LogP) is 3.66. The fraction of sp³-hybridized carbons (Fsp3) is 0.517. The van der Waals surface area contributed by atoms with Crippen LogP contribution in [-0.4, -0.2) is 83.8 Å². The van der Waals surface area contributed by atoms with Crippen molar-refractivity contribution >= 4 is 6.08 Å². The van der Waals surface area contributed by atoms with Gasteiger partial charge >= 0.3 is 0 Å². The normalized spacial score (nSPS) is 21.6. The summed E-state index contributed by atoms with van der Waals surface area (Å²) in [5.74, 6) is 4.16. The van der Waals surface area contributed by atoms with Gasteiger partial charge in [0.2, 0.25) is 0 Å². The third kappa shape index (κ3) is 3.37. The van der Waals surface area contributed by atoms with Crippen LogP contribution in [0.3, 0.4) is 0 Å². The van der Waals surface area contributed by atoms with Crippen molar-refractivity contribution in [2.24, 2.45) is 0 Å². The number of aliphatic hydroxyl groups is 1. The molecule has 1 N–H and O–H groups in total.